The Morgan fingerprint density at radius 3 is 2.90 bits per heavy atom. The minimum Gasteiger partial charge on any atom is -0.491 e. The van der Waals surface area contributed by atoms with Gasteiger partial charge in [-0.2, -0.15) is 0 Å². The Morgan fingerprint density at radius 2 is 2.25 bits per heavy atom. The van der Waals surface area contributed by atoms with E-state index in [9.17, 15) is 9.59 Å². The van der Waals surface area contributed by atoms with Gasteiger partial charge in [-0.1, -0.05) is 11.3 Å². The first kappa shape index (κ1) is 14.2. The summed E-state index contributed by atoms with van der Waals surface area (Å²) in [4.78, 5) is 26.1. The fraction of sp³-hybridized carbons (Fsp3) is 0.273. The second-order valence-electron chi connectivity index (χ2n) is 3.67. The van der Waals surface area contributed by atoms with E-state index >= 15 is 0 Å². The molecule has 2 N–H and O–H groups in total. The van der Waals surface area contributed by atoms with Gasteiger partial charge >= 0.3 is 0 Å². The number of hydrogen-bond acceptors (Lipinski definition) is 7. The van der Waals surface area contributed by atoms with Gasteiger partial charge in [0, 0.05) is 19.4 Å². The van der Waals surface area contributed by atoms with Crippen molar-refractivity contribution in [3.8, 4) is 5.75 Å². The number of anilines is 1. The predicted molar refractivity (Wildman–Crippen MR) is 72.2 cm³/mol. The minimum absolute atomic E-state index is 0.110. The molecule has 0 spiro atoms. The Kier molecular flexibility index (Phi) is 4.43. The number of methoxy groups -OCH3 is 2. The van der Waals surface area contributed by atoms with Crippen molar-refractivity contribution in [1.29, 1.82) is 0 Å². The Morgan fingerprint density at radius 1 is 1.45 bits per heavy atom. The number of aromatic amines is 1. The summed E-state index contributed by atoms with van der Waals surface area (Å²) < 4.78 is 9.72. The zero-order valence-corrected chi connectivity index (χ0v) is 11.6. The molecule has 2 heterocycles. The number of carbonyl (C=O) groups excluding carboxylic acids is 1. The summed E-state index contributed by atoms with van der Waals surface area (Å²) in [6.07, 6.45) is 1.33. The average molecular weight is 296 g/mol. The molecule has 2 rings (SSSR count). The zero-order valence-electron chi connectivity index (χ0n) is 10.8. The van der Waals surface area contributed by atoms with Gasteiger partial charge in [0.05, 0.1) is 7.11 Å². The van der Waals surface area contributed by atoms with Crippen molar-refractivity contribution in [3.63, 3.8) is 0 Å². The van der Waals surface area contributed by atoms with E-state index in [4.69, 9.17) is 9.47 Å². The highest BCUT2D eigenvalue weighted by Gasteiger charge is 2.12. The number of nitrogens with one attached hydrogen (secondary N) is 2. The van der Waals surface area contributed by atoms with E-state index in [-0.39, 0.29) is 16.9 Å². The molecule has 2 aromatic rings. The van der Waals surface area contributed by atoms with E-state index < -0.39 is 5.91 Å². The Hall–Kier alpha value is -2.26. The van der Waals surface area contributed by atoms with Gasteiger partial charge < -0.3 is 14.5 Å². The van der Waals surface area contributed by atoms with Crippen LogP contribution in [0.2, 0.25) is 0 Å². The van der Waals surface area contributed by atoms with Crippen molar-refractivity contribution >= 4 is 22.4 Å². The molecule has 106 valence electrons. The lowest BCUT2D eigenvalue weighted by Gasteiger charge is -2.02. The first-order chi connectivity index (χ1) is 9.63. The van der Waals surface area contributed by atoms with E-state index in [0.717, 1.165) is 6.07 Å². The third-order valence-electron chi connectivity index (χ3n) is 2.30. The zero-order chi connectivity index (χ0) is 14.5. The number of amides is 1. The molecule has 20 heavy (non-hydrogen) atoms. The van der Waals surface area contributed by atoms with Crippen LogP contribution in [0.4, 0.5) is 5.13 Å². The van der Waals surface area contributed by atoms with Gasteiger partial charge in [-0.25, -0.2) is 0 Å². The lowest BCUT2D eigenvalue weighted by molar-refractivity contribution is 0.102. The maximum Gasteiger partial charge on any atom is 0.274 e. The largest absolute Gasteiger partial charge is 0.491 e. The normalized spacial score (nSPS) is 10.3. The number of pyridine rings is 1. The smallest absolute Gasteiger partial charge is 0.274 e. The molecule has 0 aliphatic heterocycles. The summed E-state index contributed by atoms with van der Waals surface area (Å²) in [7, 11) is 2.92. The van der Waals surface area contributed by atoms with Gasteiger partial charge in [-0.05, 0) is 0 Å². The van der Waals surface area contributed by atoms with Crippen molar-refractivity contribution in [1.82, 2.24) is 15.2 Å². The summed E-state index contributed by atoms with van der Waals surface area (Å²) >= 11 is 1.20. The Labute approximate surface area is 117 Å². The minimum atomic E-state index is -0.482. The molecule has 1 amide bonds. The molecule has 0 fully saturated rings. The van der Waals surface area contributed by atoms with E-state index in [1.807, 2.05) is 0 Å². The predicted octanol–water partition coefficient (Wildman–Crippen LogP) is 0.634. The third-order valence-corrected chi connectivity index (χ3v) is 3.11. The number of aromatic nitrogens is 3. The Balaban J connectivity index is 2.11. The van der Waals surface area contributed by atoms with Gasteiger partial charge in [0.25, 0.3) is 5.91 Å². The highest BCUT2D eigenvalue weighted by atomic mass is 32.1. The van der Waals surface area contributed by atoms with Gasteiger partial charge in [-0.15, -0.1) is 10.2 Å². The van der Waals surface area contributed by atoms with Crippen LogP contribution in [0.15, 0.2) is 17.1 Å². The fourth-order valence-electron chi connectivity index (χ4n) is 1.40. The molecule has 0 unspecified atom stereocenters. The van der Waals surface area contributed by atoms with E-state index in [2.05, 4.69) is 20.5 Å². The van der Waals surface area contributed by atoms with Crippen LogP contribution < -0.4 is 15.5 Å². The maximum absolute atomic E-state index is 11.9. The van der Waals surface area contributed by atoms with Crippen LogP contribution in [0, 0.1) is 0 Å². The number of carbonyl (C=O) groups is 1. The lowest BCUT2D eigenvalue weighted by Crippen LogP contribution is -2.17. The van der Waals surface area contributed by atoms with Crippen LogP contribution in [0.25, 0.3) is 0 Å². The highest BCUT2D eigenvalue weighted by molar-refractivity contribution is 7.15. The van der Waals surface area contributed by atoms with E-state index in [0.29, 0.717) is 16.7 Å². The quantitative estimate of drug-likeness (QED) is 0.838. The van der Waals surface area contributed by atoms with Crippen LogP contribution in [0.1, 0.15) is 15.5 Å². The van der Waals surface area contributed by atoms with Gasteiger partial charge in [0.1, 0.15) is 17.3 Å². The molecular weight excluding hydrogens is 284 g/mol. The SMILES string of the molecule is COCc1nnc(NC(=O)c2cc(=O)c(OC)c[nH]2)s1. The molecule has 0 saturated heterocycles. The molecule has 0 saturated carbocycles. The average Bonchev–Trinajstić information content (AvgIpc) is 2.86. The van der Waals surface area contributed by atoms with Crippen LogP contribution >= 0.6 is 11.3 Å². The molecule has 8 nitrogen and oxygen atoms in total. The number of nitrogens with zero attached hydrogens (tertiary/aromatic N) is 2. The van der Waals surface area contributed by atoms with E-state index in [1.54, 1.807) is 7.11 Å². The summed E-state index contributed by atoms with van der Waals surface area (Å²) in [6, 6.07) is 1.16. The van der Waals surface area contributed by atoms with Gasteiger partial charge in [-0.3, -0.25) is 14.9 Å². The molecular formula is C11H12N4O4S. The Bertz CT molecular complexity index is 666. The molecule has 0 aliphatic carbocycles. The summed E-state index contributed by atoms with van der Waals surface area (Å²) in [5, 5.41) is 11.1. The van der Waals surface area contributed by atoms with Crippen LogP contribution in [-0.2, 0) is 11.3 Å². The van der Waals surface area contributed by atoms with Crippen molar-refractivity contribution in [2.45, 2.75) is 6.61 Å². The van der Waals surface area contributed by atoms with Crippen LogP contribution in [0.5, 0.6) is 5.75 Å². The molecule has 0 atom stereocenters. The summed E-state index contributed by atoms with van der Waals surface area (Å²) in [5.74, 6) is -0.343. The molecule has 9 heteroatoms. The first-order valence-electron chi connectivity index (χ1n) is 5.53. The molecule has 0 bridgehead atoms. The van der Waals surface area contributed by atoms with Crippen LogP contribution in [0.3, 0.4) is 0 Å². The molecule has 0 aliphatic rings. The van der Waals surface area contributed by atoms with Gasteiger partial charge in [0.15, 0.2) is 5.75 Å². The van der Waals surface area contributed by atoms with Crippen molar-refractivity contribution < 1.29 is 14.3 Å². The summed E-state index contributed by atoms with van der Waals surface area (Å²) in [6.45, 7) is 0.326. The number of H-pyrrole nitrogens is 1. The number of ether oxygens (including phenoxy) is 2. The number of rotatable bonds is 5. The highest BCUT2D eigenvalue weighted by Crippen LogP contribution is 2.16. The molecule has 0 aromatic carbocycles. The second-order valence-corrected chi connectivity index (χ2v) is 4.73. The monoisotopic (exact) mass is 296 g/mol. The molecule has 2 aromatic heterocycles. The van der Waals surface area contributed by atoms with Crippen molar-refractivity contribution in [3.05, 3.63) is 33.2 Å². The number of hydrogen-bond donors (Lipinski definition) is 2. The topological polar surface area (TPSA) is 106 Å². The van der Waals surface area contributed by atoms with Crippen molar-refractivity contribution in [2.75, 3.05) is 19.5 Å². The second kappa shape index (κ2) is 6.26. The van der Waals surface area contributed by atoms with E-state index in [1.165, 1.54) is 24.6 Å². The maximum atomic E-state index is 11.9. The first-order valence-corrected chi connectivity index (χ1v) is 6.35. The molecule has 0 radical (unpaired) electrons. The summed E-state index contributed by atoms with van der Waals surface area (Å²) in [5.41, 5.74) is -0.270. The standard InChI is InChI=1S/C11H12N4O4S/c1-18-5-9-14-15-11(20-9)13-10(17)6-3-7(16)8(19-2)4-12-6/h3-4H,5H2,1-2H3,(H,12,16)(H,13,15,17). The van der Waals surface area contributed by atoms with Crippen molar-refractivity contribution in [2.24, 2.45) is 0 Å². The third kappa shape index (κ3) is 3.19. The van der Waals surface area contributed by atoms with Crippen LogP contribution in [-0.4, -0.2) is 35.3 Å². The lowest BCUT2D eigenvalue weighted by atomic mass is 10.3. The fourth-order valence-corrected chi connectivity index (χ4v) is 2.11. The van der Waals surface area contributed by atoms with Gasteiger partial charge in [0.2, 0.25) is 10.6 Å².